The zero-order valence-electron chi connectivity index (χ0n) is 14.0. The third kappa shape index (κ3) is 2.63. The molecule has 0 aliphatic heterocycles. The number of para-hydroxylation sites is 1. The van der Waals surface area contributed by atoms with E-state index in [2.05, 4.69) is 10.3 Å². The molecule has 0 atom stereocenters. The van der Waals surface area contributed by atoms with Gasteiger partial charge in [-0.15, -0.1) is 5.10 Å². The predicted octanol–water partition coefficient (Wildman–Crippen LogP) is 2.76. The van der Waals surface area contributed by atoms with Gasteiger partial charge in [-0.2, -0.15) is 0 Å². The number of nitrogens with zero attached hydrogens (tertiary/aromatic N) is 3. The standard InChI is InChI=1S/C19H15N3O4/c1-2-25-19(24)17-14(12-7-4-6-10-16(12)26-17)11-22-18(23)13-8-3-5-9-15(13)20-21-22/h3-10H,2,11H2,1H3. The van der Waals surface area contributed by atoms with Crippen LogP contribution in [0.15, 0.2) is 57.7 Å². The molecule has 0 saturated carbocycles. The van der Waals surface area contributed by atoms with Crippen LogP contribution in [0.4, 0.5) is 0 Å². The van der Waals surface area contributed by atoms with Crippen molar-refractivity contribution in [1.82, 2.24) is 15.0 Å². The minimum atomic E-state index is -0.569. The van der Waals surface area contributed by atoms with Gasteiger partial charge in [0.25, 0.3) is 5.56 Å². The minimum Gasteiger partial charge on any atom is -0.460 e. The number of aromatic nitrogens is 3. The smallest absolute Gasteiger partial charge is 0.374 e. The SMILES string of the molecule is CCOC(=O)c1oc2ccccc2c1Cn1nnc2ccccc2c1=O. The maximum absolute atomic E-state index is 12.7. The normalized spacial score (nSPS) is 11.1. The Labute approximate surface area is 147 Å². The summed E-state index contributed by atoms with van der Waals surface area (Å²) in [7, 11) is 0. The second kappa shape index (κ2) is 6.44. The monoisotopic (exact) mass is 349 g/mol. The molecule has 2 heterocycles. The number of benzene rings is 2. The highest BCUT2D eigenvalue weighted by Crippen LogP contribution is 2.27. The fourth-order valence-electron chi connectivity index (χ4n) is 2.89. The Kier molecular flexibility index (Phi) is 3.96. The molecule has 0 amide bonds. The van der Waals surface area contributed by atoms with Gasteiger partial charge < -0.3 is 9.15 Å². The van der Waals surface area contributed by atoms with E-state index >= 15 is 0 Å². The molecule has 0 radical (unpaired) electrons. The van der Waals surface area contributed by atoms with Crippen molar-refractivity contribution >= 4 is 27.8 Å². The Bertz CT molecular complexity index is 1180. The van der Waals surface area contributed by atoms with Crippen molar-refractivity contribution in [2.75, 3.05) is 6.61 Å². The van der Waals surface area contributed by atoms with Crippen LogP contribution in [0.1, 0.15) is 23.0 Å². The average molecular weight is 349 g/mol. The van der Waals surface area contributed by atoms with Gasteiger partial charge in [0.05, 0.1) is 18.5 Å². The minimum absolute atomic E-state index is 0.0574. The molecule has 0 fully saturated rings. The quantitative estimate of drug-likeness (QED) is 0.527. The lowest BCUT2D eigenvalue weighted by Crippen LogP contribution is -2.25. The summed E-state index contributed by atoms with van der Waals surface area (Å²) >= 11 is 0. The molecule has 26 heavy (non-hydrogen) atoms. The number of fused-ring (bicyclic) bond motifs is 2. The molecule has 2 aromatic heterocycles. The molecule has 2 aromatic carbocycles. The van der Waals surface area contributed by atoms with E-state index in [0.29, 0.717) is 22.0 Å². The van der Waals surface area contributed by atoms with Crippen molar-refractivity contribution in [1.29, 1.82) is 0 Å². The van der Waals surface area contributed by atoms with Crippen LogP contribution in [0.2, 0.25) is 0 Å². The van der Waals surface area contributed by atoms with Gasteiger partial charge in [0.15, 0.2) is 0 Å². The Morgan fingerprint density at radius 2 is 1.85 bits per heavy atom. The third-order valence-corrected chi connectivity index (χ3v) is 4.10. The third-order valence-electron chi connectivity index (χ3n) is 4.10. The summed E-state index contributed by atoms with van der Waals surface area (Å²) in [6, 6.07) is 14.2. The molecule has 7 heteroatoms. The van der Waals surface area contributed by atoms with Crippen LogP contribution in [0, 0.1) is 0 Å². The summed E-state index contributed by atoms with van der Waals surface area (Å²) in [4.78, 5) is 25.0. The first-order chi connectivity index (χ1) is 12.7. The van der Waals surface area contributed by atoms with Crippen molar-refractivity contribution in [3.63, 3.8) is 0 Å². The van der Waals surface area contributed by atoms with E-state index in [1.54, 1.807) is 37.3 Å². The van der Waals surface area contributed by atoms with Gasteiger partial charge in [-0.25, -0.2) is 9.48 Å². The predicted molar refractivity (Wildman–Crippen MR) is 95.1 cm³/mol. The molecule has 4 aromatic rings. The van der Waals surface area contributed by atoms with Crippen molar-refractivity contribution in [2.24, 2.45) is 0 Å². The van der Waals surface area contributed by atoms with Gasteiger partial charge >= 0.3 is 5.97 Å². The first-order valence-electron chi connectivity index (χ1n) is 8.19. The number of esters is 1. The number of hydrogen-bond donors (Lipinski definition) is 0. The molecule has 0 unspecified atom stereocenters. The first kappa shape index (κ1) is 16.0. The van der Waals surface area contributed by atoms with E-state index in [-0.39, 0.29) is 24.5 Å². The summed E-state index contributed by atoms with van der Waals surface area (Å²) < 4.78 is 12.0. The lowest BCUT2D eigenvalue weighted by Gasteiger charge is -2.06. The molecule has 4 rings (SSSR count). The number of carbonyl (C=O) groups excluding carboxylic acids is 1. The molecule has 0 N–H and O–H groups in total. The van der Waals surface area contributed by atoms with Crippen molar-refractivity contribution < 1.29 is 13.9 Å². The summed E-state index contributed by atoms with van der Waals surface area (Å²) in [6.45, 7) is 2.01. The Morgan fingerprint density at radius 1 is 1.12 bits per heavy atom. The molecule has 0 bridgehead atoms. The Morgan fingerprint density at radius 3 is 2.65 bits per heavy atom. The zero-order chi connectivity index (χ0) is 18.1. The average Bonchev–Trinajstić information content (AvgIpc) is 3.03. The van der Waals surface area contributed by atoms with E-state index in [1.807, 2.05) is 18.2 Å². The van der Waals surface area contributed by atoms with Crippen LogP contribution in [-0.2, 0) is 11.3 Å². The Hall–Kier alpha value is -3.48. The summed E-state index contributed by atoms with van der Waals surface area (Å²) in [6.07, 6.45) is 0. The van der Waals surface area contributed by atoms with Gasteiger partial charge in [0, 0.05) is 10.9 Å². The van der Waals surface area contributed by atoms with Crippen LogP contribution < -0.4 is 5.56 Å². The van der Waals surface area contributed by atoms with Crippen molar-refractivity contribution in [3.8, 4) is 0 Å². The first-order valence-corrected chi connectivity index (χ1v) is 8.19. The van der Waals surface area contributed by atoms with Crippen molar-refractivity contribution in [2.45, 2.75) is 13.5 Å². The lowest BCUT2D eigenvalue weighted by molar-refractivity contribution is 0.0490. The van der Waals surface area contributed by atoms with Gasteiger partial charge in [-0.1, -0.05) is 35.5 Å². The van der Waals surface area contributed by atoms with E-state index < -0.39 is 5.97 Å². The molecule has 0 aliphatic carbocycles. The fraction of sp³-hybridized carbons (Fsp3) is 0.158. The summed E-state index contributed by atoms with van der Waals surface area (Å²) in [5.41, 5.74) is 1.34. The van der Waals surface area contributed by atoms with E-state index in [9.17, 15) is 9.59 Å². The zero-order valence-corrected chi connectivity index (χ0v) is 14.0. The van der Waals surface area contributed by atoms with Crippen LogP contribution in [0.5, 0.6) is 0 Å². The lowest BCUT2D eigenvalue weighted by atomic mass is 10.1. The van der Waals surface area contributed by atoms with E-state index in [4.69, 9.17) is 9.15 Å². The van der Waals surface area contributed by atoms with Gasteiger partial charge in [0.1, 0.15) is 11.1 Å². The fourth-order valence-corrected chi connectivity index (χ4v) is 2.89. The number of hydrogen-bond acceptors (Lipinski definition) is 6. The van der Waals surface area contributed by atoms with Crippen LogP contribution in [-0.4, -0.2) is 27.6 Å². The van der Waals surface area contributed by atoms with Gasteiger partial charge in [0.2, 0.25) is 5.76 Å². The number of furan rings is 1. The number of rotatable bonds is 4. The van der Waals surface area contributed by atoms with E-state index in [1.165, 1.54) is 4.68 Å². The van der Waals surface area contributed by atoms with E-state index in [0.717, 1.165) is 5.39 Å². The largest absolute Gasteiger partial charge is 0.460 e. The van der Waals surface area contributed by atoms with Crippen LogP contribution in [0.3, 0.4) is 0 Å². The molecular weight excluding hydrogens is 334 g/mol. The Balaban J connectivity index is 1.87. The second-order valence-electron chi connectivity index (χ2n) is 5.70. The molecule has 130 valence electrons. The molecular formula is C19H15N3O4. The van der Waals surface area contributed by atoms with Crippen LogP contribution in [0.25, 0.3) is 21.9 Å². The molecule has 0 aliphatic rings. The van der Waals surface area contributed by atoms with Gasteiger partial charge in [-0.05, 0) is 25.1 Å². The molecule has 0 spiro atoms. The summed E-state index contributed by atoms with van der Waals surface area (Å²) in [5.74, 6) is -0.490. The number of carbonyl (C=O) groups is 1. The highest BCUT2D eigenvalue weighted by molar-refractivity contribution is 5.96. The summed E-state index contributed by atoms with van der Waals surface area (Å²) in [5, 5.41) is 9.27. The molecule has 0 saturated heterocycles. The second-order valence-corrected chi connectivity index (χ2v) is 5.70. The van der Waals surface area contributed by atoms with Gasteiger partial charge in [-0.3, -0.25) is 4.79 Å². The highest BCUT2D eigenvalue weighted by Gasteiger charge is 2.22. The number of ether oxygens (including phenoxy) is 1. The highest BCUT2D eigenvalue weighted by atomic mass is 16.5. The van der Waals surface area contributed by atoms with Crippen molar-refractivity contribution in [3.05, 3.63) is 70.2 Å². The molecule has 7 nitrogen and oxygen atoms in total. The maximum atomic E-state index is 12.7. The van der Waals surface area contributed by atoms with Crippen LogP contribution >= 0.6 is 0 Å². The maximum Gasteiger partial charge on any atom is 0.374 e. The topological polar surface area (TPSA) is 87.2 Å².